The van der Waals surface area contributed by atoms with E-state index in [9.17, 15) is 9.59 Å². The summed E-state index contributed by atoms with van der Waals surface area (Å²) in [4.78, 5) is 32.7. The molecule has 2 aromatic carbocycles. The monoisotopic (exact) mass is 465 g/mol. The van der Waals surface area contributed by atoms with Crippen LogP contribution in [0.1, 0.15) is 30.9 Å². The van der Waals surface area contributed by atoms with Crippen LogP contribution in [0.2, 0.25) is 0 Å². The van der Waals surface area contributed by atoms with E-state index in [-0.39, 0.29) is 18.4 Å². The Kier molecular flexibility index (Phi) is 9.52. The molecule has 0 saturated heterocycles. The molecule has 0 aliphatic rings. The number of nitrogens with zero attached hydrogens (tertiary/aromatic N) is 2. The van der Waals surface area contributed by atoms with Gasteiger partial charge in [0.15, 0.2) is 0 Å². The Balaban J connectivity index is 1.75. The normalized spacial score (nSPS) is 10.9. The molecule has 7 nitrogen and oxygen atoms in total. The van der Waals surface area contributed by atoms with Crippen molar-refractivity contribution < 1.29 is 19.1 Å². The van der Waals surface area contributed by atoms with Crippen molar-refractivity contribution >= 4 is 22.7 Å². The summed E-state index contributed by atoms with van der Waals surface area (Å²) in [6, 6.07) is 15.9. The molecule has 3 aromatic rings. The molecule has 0 spiro atoms. The molecule has 34 heavy (non-hydrogen) atoms. The molecule has 2 amide bonds. The Morgan fingerprint density at radius 3 is 2.41 bits per heavy atom. The van der Waals surface area contributed by atoms with E-state index in [2.05, 4.69) is 11.1 Å². The second kappa shape index (κ2) is 12.8. The predicted octanol–water partition coefficient (Wildman–Crippen LogP) is 4.02. The van der Waals surface area contributed by atoms with Crippen LogP contribution >= 0.6 is 0 Å². The average molecular weight is 466 g/mol. The maximum atomic E-state index is 13.4. The molecule has 7 heteroatoms. The number of fused-ring (bicyclic) bond motifs is 1. The maximum absolute atomic E-state index is 13.4. The van der Waals surface area contributed by atoms with Gasteiger partial charge in [-0.3, -0.25) is 9.59 Å². The van der Waals surface area contributed by atoms with E-state index in [1.807, 2.05) is 60.5 Å². The molecule has 3 rings (SSSR count). The lowest BCUT2D eigenvalue weighted by Gasteiger charge is -2.28. The van der Waals surface area contributed by atoms with E-state index in [0.29, 0.717) is 39.1 Å². The number of carbonyl (C=O) groups excluding carboxylic acids is 2. The van der Waals surface area contributed by atoms with Crippen molar-refractivity contribution in [2.24, 2.45) is 0 Å². The molecule has 1 heterocycles. The summed E-state index contributed by atoms with van der Waals surface area (Å²) in [6.45, 7) is 3.97. The molecule has 0 aliphatic carbocycles. The number of carbonyl (C=O) groups is 2. The number of hydrogen-bond donors (Lipinski definition) is 1. The fourth-order valence-electron chi connectivity index (χ4n) is 4.02. The van der Waals surface area contributed by atoms with Crippen molar-refractivity contribution in [3.05, 3.63) is 65.9 Å². The fourth-order valence-corrected chi connectivity index (χ4v) is 4.02. The van der Waals surface area contributed by atoms with Gasteiger partial charge in [-0.25, -0.2) is 0 Å². The topological polar surface area (TPSA) is 74.9 Å². The third kappa shape index (κ3) is 6.84. The van der Waals surface area contributed by atoms with Gasteiger partial charge in [0.25, 0.3) is 0 Å². The zero-order valence-electron chi connectivity index (χ0n) is 20.4. The number of amides is 2. The maximum Gasteiger partial charge on any atom is 0.242 e. The number of rotatable bonds is 13. The highest BCUT2D eigenvalue weighted by molar-refractivity contribution is 5.85. The summed E-state index contributed by atoms with van der Waals surface area (Å²) in [6.07, 6.45) is 3.80. The van der Waals surface area contributed by atoms with Gasteiger partial charge in [0, 0.05) is 56.9 Å². The third-order valence-corrected chi connectivity index (χ3v) is 5.97. The van der Waals surface area contributed by atoms with E-state index < -0.39 is 0 Å². The van der Waals surface area contributed by atoms with Crippen molar-refractivity contribution in [3.8, 4) is 5.75 Å². The van der Waals surface area contributed by atoms with Crippen molar-refractivity contribution in [1.29, 1.82) is 0 Å². The van der Waals surface area contributed by atoms with E-state index >= 15 is 0 Å². The summed E-state index contributed by atoms with van der Waals surface area (Å²) in [5.41, 5.74) is 3.27. The lowest BCUT2D eigenvalue weighted by atomic mass is 10.1. The molecule has 0 bridgehead atoms. The van der Waals surface area contributed by atoms with Crippen molar-refractivity contribution in [2.45, 2.75) is 32.7 Å². The quantitative estimate of drug-likeness (QED) is 0.387. The van der Waals surface area contributed by atoms with Crippen LogP contribution < -0.4 is 4.74 Å². The number of aromatic amines is 1. The molecule has 1 N–H and O–H groups in total. The van der Waals surface area contributed by atoms with Gasteiger partial charge < -0.3 is 24.3 Å². The van der Waals surface area contributed by atoms with Gasteiger partial charge in [-0.1, -0.05) is 37.3 Å². The molecule has 0 unspecified atom stereocenters. The summed E-state index contributed by atoms with van der Waals surface area (Å²) in [5, 5.41) is 1.17. The minimum absolute atomic E-state index is 0.0227. The molecule has 182 valence electrons. The largest absolute Gasteiger partial charge is 0.497 e. The number of H-pyrrole nitrogens is 1. The standard InChI is InChI=1S/C27H35N3O4/c1-4-26(31)29(15-7-17-33-2)20-27(32)30(19-21-10-12-23(34-3)13-11-21)16-14-22-18-28-25-9-6-5-8-24(22)25/h5-6,8-13,18,28H,4,7,14-17,19-20H2,1-3H3. The van der Waals surface area contributed by atoms with Gasteiger partial charge in [-0.05, 0) is 42.2 Å². The second-order valence-electron chi connectivity index (χ2n) is 8.29. The first-order valence-electron chi connectivity index (χ1n) is 11.8. The third-order valence-electron chi connectivity index (χ3n) is 5.97. The van der Waals surface area contributed by atoms with Crippen molar-refractivity contribution in [3.63, 3.8) is 0 Å². The first-order valence-corrected chi connectivity index (χ1v) is 11.8. The van der Waals surface area contributed by atoms with E-state index in [1.54, 1.807) is 19.1 Å². The first kappa shape index (κ1) is 25.3. The molecule has 1 aromatic heterocycles. The Hall–Kier alpha value is -3.32. The van der Waals surface area contributed by atoms with E-state index in [4.69, 9.17) is 9.47 Å². The van der Waals surface area contributed by atoms with Crippen LogP contribution in [0.15, 0.2) is 54.7 Å². The molecule has 0 saturated carbocycles. The molecule has 0 fully saturated rings. The van der Waals surface area contributed by atoms with Gasteiger partial charge in [0.1, 0.15) is 5.75 Å². The van der Waals surface area contributed by atoms with Crippen LogP contribution in [0.3, 0.4) is 0 Å². The highest BCUT2D eigenvalue weighted by atomic mass is 16.5. The predicted molar refractivity (Wildman–Crippen MR) is 134 cm³/mol. The zero-order chi connectivity index (χ0) is 24.3. The zero-order valence-corrected chi connectivity index (χ0v) is 20.4. The van der Waals surface area contributed by atoms with Gasteiger partial charge in [0.05, 0.1) is 13.7 Å². The van der Waals surface area contributed by atoms with Crippen molar-refractivity contribution in [1.82, 2.24) is 14.8 Å². The molecule has 0 radical (unpaired) electrons. The van der Waals surface area contributed by atoms with Crippen LogP contribution in [0.4, 0.5) is 0 Å². The second-order valence-corrected chi connectivity index (χ2v) is 8.29. The fraction of sp³-hybridized carbons (Fsp3) is 0.407. The summed E-state index contributed by atoms with van der Waals surface area (Å²) in [5.74, 6) is 0.693. The Labute approximate surface area is 201 Å². The van der Waals surface area contributed by atoms with Gasteiger partial charge in [-0.2, -0.15) is 0 Å². The molecular formula is C27H35N3O4. The van der Waals surface area contributed by atoms with Crippen LogP contribution in [-0.4, -0.2) is 67.1 Å². The van der Waals surface area contributed by atoms with Crippen LogP contribution in [0, 0.1) is 0 Å². The Morgan fingerprint density at radius 2 is 1.71 bits per heavy atom. The highest BCUT2D eigenvalue weighted by Gasteiger charge is 2.21. The van der Waals surface area contributed by atoms with Gasteiger partial charge >= 0.3 is 0 Å². The van der Waals surface area contributed by atoms with Gasteiger partial charge in [0.2, 0.25) is 11.8 Å². The Bertz CT molecular complexity index is 1060. The summed E-state index contributed by atoms with van der Waals surface area (Å²) >= 11 is 0. The SMILES string of the molecule is CCC(=O)N(CCCOC)CC(=O)N(CCc1c[nH]c2ccccc12)Cc1ccc(OC)cc1. The van der Waals surface area contributed by atoms with Crippen LogP contribution in [-0.2, 0) is 27.3 Å². The number of hydrogen-bond acceptors (Lipinski definition) is 4. The van der Waals surface area contributed by atoms with Gasteiger partial charge in [-0.15, -0.1) is 0 Å². The van der Waals surface area contributed by atoms with E-state index in [1.165, 1.54) is 10.9 Å². The Morgan fingerprint density at radius 1 is 0.941 bits per heavy atom. The summed E-state index contributed by atoms with van der Waals surface area (Å²) < 4.78 is 10.4. The van der Waals surface area contributed by atoms with Crippen molar-refractivity contribution in [2.75, 3.05) is 40.5 Å². The number of methoxy groups -OCH3 is 2. The number of aromatic nitrogens is 1. The number of nitrogens with one attached hydrogen (secondary N) is 1. The molecular weight excluding hydrogens is 430 g/mol. The van der Waals surface area contributed by atoms with Crippen LogP contribution in [0.5, 0.6) is 5.75 Å². The summed E-state index contributed by atoms with van der Waals surface area (Å²) in [7, 11) is 3.27. The smallest absolute Gasteiger partial charge is 0.242 e. The number of ether oxygens (including phenoxy) is 2. The highest BCUT2D eigenvalue weighted by Crippen LogP contribution is 2.19. The van der Waals surface area contributed by atoms with Crippen LogP contribution in [0.25, 0.3) is 10.9 Å². The first-order chi connectivity index (χ1) is 16.5. The minimum atomic E-state index is -0.0603. The molecule has 0 aliphatic heterocycles. The lowest BCUT2D eigenvalue weighted by Crippen LogP contribution is -2.43. The number of para-hydroxylation sites is 1. The number of benzene rings is 2. The lowest BCUT2D eigenvalue weighted by molar-refractivity contribution is -0.140. The van der Waals surface area contributed by atoms with E-state index in [0.717, 1.165) is 23.3 Å². The minimum Gasteiger partial charge on any atom is -0.497 e. The average Bonchev–Trinajstić information content (AvgIpc) is 3.29. The molecule has 0 atom stereocenters.